The Hall–Kier alpha value is -1.58. The smallest absolute Gasteiger partial charge is 0.254 e. The maximum absolute atomic E-state index is 13.9. The van der Waals surface area contributed by atoms with E-state index < -0.39 is 11.7 Å². The van der Waals surface area contributed by atoms with Crippen LogP contribution in [0.3, 0.4) is 0 Å². The molecule has 1 aliphatic rings. The molecule has 1 aromatic carbocycles. The van der Waals surface area contributed by atoms with E-state index >= 15 is 0 Å². The van der Waals surface area contributed by atoms with Crippen LogP contribution in [0.5, 0.6) is 0 Å². The molecule has 0 bridgehead atoms. The minimum absolute atomic E-state index is 0.0864. The summed E-state index contributed by atoms with van der Waals surface area (Å²) >= 11 is 0. The van der Waals surface area contributed by atoms with E-state index in [4.69, 9.17) is 0 Å². The quantitative estimate of drug-likeness (QED) is 0.818. The van der Waals surface area contributed by atoms with Gasteiger partial charge in [0, 0.05) is 13.6 Å². The summed E-state index contributed by atoms with van der Waals surface area (Å²) in [6, 6.07) is 4.82. The first-order chi connectivity index (χ1) is 7.72. The number of nitrogens with one attached hydrogen (secondary N) is 2. The Morgan fingerprint density at radius 2 is 2.25 bits per heavy atom. The zero-order chi connectivity index (χ0) is 11.5. The third-order valence-electron chi connectivity index (χ3n) is 2.75. The van der Waals surface area contributed by atoms with E-state index in [9.17, 15) is 9.18 Å². The minimum atomic E-state index is -0.470. The van der Waals surface area contributed by atoms with Gasteiger partial charge in [0.05, 0.1) is 11.3 Å². The lowest BCUT2D eigenvalue weighted by Gasteiger charge is -2.09. The van der Waals surface area contributed by atoms with Crippen molar-refractivity contribution in [2.45, 2.75) is 12.8 Å². The molecule has 1 saturated carbocycles. The summed E-state index contributed by atoms with van der Waals surface area (Å²) in [7, 11) is 1.49. The molecule has 86 valence electrons. The van der Waals surface area contributed by atoms with Gasteiger partial charge < -0.3 is 10.6 Å². The Kier molecular flexibility index (Phi) is 3.08. The van der Waals surface area contributed by atoms with Gasteiger partial charge in [-0.25, -0.2) is 4.39 Å². The lowest BCUT2D eigenvalue weighted by Crippen LogP contribution is -2.20. The summed E-state index contributed by atoms with van der Waals surface area (Å²) in [5.74, 6) is -0.196. The van der Waals surface area contributed by atoms with E-state index in [2.05, 4.69) is 10.6 Å². The van der Waals surface area contributed by atoms with Crippen molar-refractivity contribution < 1.29 is 9.18 Å². The van der Waals surface area contributed by atoms with Gasteiger partial charge in [-0.1, -0.05) is 6.07 Å². The van der Waals surface area contributed by atoms with Gasteiger partial charge in [0.1, 0.15) is 0 Å². The molecule has 0 radical (unpaired) electrons. The third-order valence-corrected chi connectivity index (χ3v) is 2.75. The maximum Gasteiger partial charge on any atom is 0.254 e. The fraction of sp³-hybridized carbons (Fsp3) is 0.417. The molecule has 1 aliphatic carbocycles. The van der Waals surface area contributed by atoms with Crippen LogP contribution in [0.4, 0.5) is 10.1 Å². The molecule has 16 heavy (non-hydrogen) atoms. The molecule has 0 unspecified atom stereocenters. The van der Waals surface area contributed by atoms with E-state index in [1.54, 1.807) is 12.1 Å². The van der Waals surface area contributed by atoms with Gasteiger partial charge in [-0.3, -0.25) is 4.79 Å². The molecule has 0 atom stereocenters. The van der Waals surface area contributed by atoms with Crippen molar-refractivity contribution in [3.8, 4) is 0 Å². The van der Waals surface area contributed by atoms with Gasteiger partial charge in [0.2, 0.25) is 0 Å². The van der Waals surface area contributed by atoms with Crippen LogP contribution in [0.2, 0.25) is 0 Å². The van der Waals surface area contributed by atoms with Crippen LogP contribution in [0, 0.1) is 11.7 Å². The van der Waals surface area contributed by atoms with Crippen LogP contribution in [0.15, 0.2) is 18.2 Å². The number of amides is 1. The van der Waals surface area contributed by atoms with Crippen LogP contribution in [0.1, 0.15) is 23.2 Å². The first-order valence-corrected chi connectivity index (χ1v) is 5.47. The van der Waals surface area contributed by atoms with Crippen molar-refractivity contribution in [1.82, 2.24) is 5.32 Å². The predicted octanol–water partition coefficient (Wildman–Crippen LogP) is 2.01. The van der Waals surface area contributed by atoms with E-state index in [0.29, 0.717) is 11.6 Å². The maximum atomic E-state index is 13.9. The molecular formula is C12H15FN2O. The van der Waals surface area contributed by atoms with E-state index in [0.717, 1.165) is 6.54 Å². The molecule has 0 saturated heterocycles. The number of hydrogen-bond acceptors (Lipinski definition) is 2. The van der Waals surface area contributed by atoms with Gasteiger partial charge in [0.25, 0.3) is 5.91 Å². The minimum Gasteiger partial charge on any atom is -0.382 e. The molecule has 3 nitrogen and oxygen atoms in total. The number of benzene rings is 1. The van der Waals surface area contributed by atoms with Crippen molar-refractivity contribution >= 4 is 11.6 Å². The van der Waals surface area contributed by atoms with E-state index in [-0.39, 0.29) is 5.56 Å². The van der Waals surface area contributed by atoms with Crippen LogP contribution in [-0.4, -0.2) is 19.5 Å². The highest BCUT2D eigenvalue weighted by Gasteiger charge is 2.21. The summed E-state index contributed by atoms with van der Waals surface area (Å²) in [5.41, 5.74) is 0.497. The summed E-state index contributed by atoms with van der Waals surface area (Å²) in [5, 5.41) is 5.46. The van der Waals surface area contributed by atoms with Crippen LogP contribution in [0.25, 0.3) is 0 Å². The van der Waals surface area contributed by atoms with Gasteiger partial charge in [0.15, 0.2) is 5.82 Å². The van der Waals surface area contributed by atoms with Crippen LogP contribution in [-0.2, 0) is 0 Å². The molecule has 0 spiro atoms. The molecule has 0 aliphatic heterocycles. The molecule has 1 fully saturated rings. The Morgan fingerprint density at radius 1 is 1.50 bits per heavy atom. The van der Waals surface area contributed by atoms with Crippen molar-refractivity contribution in [1.29, 1.82) is 0 Å². The highest BCUT2D eigenvalue weighted by Crippen LogP contribution is 2.29. The zero-order valence-corrected chi connectivity index (χ0v) is 9.22. The molecule has 0 aromatic heterocycles. The fourth-order valence-corrected chi connectivity index (χ4v) is 1.55. The Balaban J connectivity index is 2.14. The van der Waals surface area contributed by atoms with Crippen LogP contribution >= 0.6 is 0 Å². The first-order valence-electron chi connectivity index (χ1n) is 5.47. The number of carbonyl (C=O) groups is 1. The van der Waals surface area contributed by atoms with Gasteiger partial charge >= 0.3 is 0 Å². The van der Waals surface area contributed by atoms with Crippen LogP contribution < -0.4 is 10.6 Å². The fourth-order valence-electron chi connectivity index (χ4n) is 1.55. The van der Waals surface area contributed by atoms with Crippen molar-refractivity contribution in [2.75, 3.05) is 18.9 Å². The van der Waals surface area contributed by atoms with Gasteiger partial charge in [-0.2, -0.15) is 0 Å². The second kappa shape index (κ2) is 4.51. The lowest BCUT2D eigenvalue weighted by molar-refractivity contribution is 0.0959. The van der Waals surface area contributed by atoms with Gasteiger partial charge in [-0.05, 0) is 30.9 Å². The normalized spacial score (nSPS) is 14.6. The van der Waals surface area contributed by atoms with Crippen molar-refractivity contribution in [2.24, 2.45) is 5.92 Å². The highest BCUT2D eigenvalue weighted by atomic mass is 19.1. The SMILES string of the molecule is CNC(=O)c1cccc(NCC2CC2)c1F. The van der Waals surface area contributed by atoms with E-state index in [1.807, 2.05) is 0 Å². The topological polar surface area (TPSA) is 41.1 Å². The molecule has 1 amide bonds. The number of carbonyl (C=O) groups excluding carboxylic acids is 1. The molecular weight excluding hydrogens is 207 g/mol. The van der Waals surface area contributed by atoms with Crippen molar-refractivity contribution in [3.05, 3.63) is 29.6 Å². The molecule has 0 heterocycles. The predicted molar refractivity (Wildman–Crippen MR) is 61.0 cm³/mol. The summed E-state index contributed by atoms with van der Waals surface area (Å²) < 4.78 is 13.9. The molecule has 4 heteroatoms. The zero-order valence-electron chi connectivity index (χ0n) is 9.22. The Morgan fingerprint density at radius 3 is 2.88 bits per heavy atom. The van der Waals surface area contributed by atoms with Crippen molar-refractivity contribution in [3.63, 3.8) is 0 Å². The first kappa shape index (κ1) is 10.9. The second-order valence-corrected chi connectivity index (χ2v) is 4.07. The molecule has 2 N–H and O–H groups in total. The summed E-state index contributed by atoms with van der Waals surface area (Å²) in [6.45, 7) is 0.786. The average molecular weight is 222 g/mol. The summed E-state index contributed by atoms with van der Waals surface area (Å²) in [4.78, 5) is 11.4. The monoisotopic (exact) mass is 222 g/mol. The largest absolute Gasteiger partial charge is 0.382 e. The Labute approximate surface area is 94.0 Å². The number of halogens is 1. The highest BCUT2D eigenvalue weighted by molar-refractivity contribution is 5.95. The Bertz CT molecular complexity index is 402. The summed E-state index contributed by atoms with van der Waals surface area (Å²) in [6.07, 6.45) is 2.42. The van der Waals surface area contributed by atoms with E-state index in [1.165, 1.54) is 26.0 Å². The molecule has 1 aromatic rings. The standard InChI is InChI=1S/C12H15FN2O/c1-14-12(16)9-3-2-4-10(11(9)13)15-7-8-5-6-8/h2-4,8,15H,5-7H2,1H3,(H,14,16). The second-order valence-electron chi connectivity index (χ2n) is 4.07. The number of rotatable bonds is 4. The number of anilines is 1. The van der Waals surface area contributed by atoms with Gasteiger partial charge in [-0.15, -0.1) is 0 Å². The average Bonchev–Trinajstić information content (AvgIpc) is 3.10. The number of hydrogen-bond donors (Lipinski definition) is 2. The third kappa shape index (κ3) is 2.32. The molecule has 2 rings (SSSR count). The lowest BCUT2D eigenvalue weighted by atomic mass is 10.1.